The fraction of sp³-hybridized carbons (Fsp3) is 0.121. The van der Waals surface area contributed by atoms with E-state index >= 15 is 0 Å². The van der Waals surface area contributed by atoms with E-state index in [1.165, 1.54) is 18.2 Å². The Kier molecular flexibility index (Phi) is 7.20. The second-order valence-corrected chi connectivity index (χ2v) is 11.4. The molecule has 0 aliphatic carbocycles. The highest BCUT2D eigenvalue weighted by atomic mass is 32.1. The number of aliphatic carboxylic acids is 1. The summed E-state index contributed by atoms with van der Waals surface area (Å²) >= 11 is 1.15. The van der Waals surface area contributed by atoms with Crippen LogP contribution in [-0.4, -0.2) is 46.9 Å². The van der Waals surface area contributed by atoms with Gasteiger partial charge in [-0.1, -0.05) is 30.3 Å². The van der Waals surface area contributed by atoms with Crippen LogP contribution in [0.4, 0.5) is 5.00 Å². The maximum atomic E-state index is 13.6. The molecule has 3 heterocycles. The van der Waals surface area contributed by atoms with E-state index in [1.54, 1.807) is 37.6 Å². The second-order valence-electron chi connectivity index (χ2n) is 10.2. The number of carboxylic acid groups (broad SMARTS) is 1. The number of fused-ring (bicyclic) bond motifs is 2. The fourth-order valence-electron chi connectivity index (χ4n) is 5.43. The predicted molar refractivity (Wildman–Crippen MR) is 164 cm³/mol. The average Bonchev–Trinajstić information content (AvgIpc) is 3.67. The Morgan fingerprint density at radius 2 is 1.80 bits per heavy atom. The Hall–Kier alpha value is -5.73. The molecule has 0 spiro atoms. The summed E-state index contributed by atoms with van der Waals surface area (Å²) in [6.07, 6.45) is 1.75. The minimum Gasteiger partial charge on any atom is -0.497 e. The van der Waals surface area contributed by atoms with Crippen LogP contribution in [0.15, 0.2) is 72.9 Å². The number of ether oxygens (including phenoxy) is 1. The fourth-order valence-corrected chi connectivity index (χ4v) is 6.54. The number of carbonyl (C=O) groups is 4. The number of amides is 3. The number of thiophene rings is 1. The molecule has 0 saturated carbocycles. The molecular weight excluding hydrogens is 580 g/mol. The minimum absolute atomic E-state index is 0.00732. The van der Waals surface area contributed by atoms with Crippen molar-refractivity contribution >= 4 is 50.9 Å². The van der Waals surface area contributed by atoms with Crippen LogP contribution in [0, 0.1) is 18.3 Å². The van der Waals surface area contributed by atoms with Crippen molar-refractivity contribution in [3.63, 3.8) is 0 Å². The number of para-hydroxylation sites is 1. The molecule has 44 heavy (non-hydrogen) atoms. The predicted octanol–water partition coefficient (Wildman–Crippen LogP) is 5.31. The van der Waals surface area contributed by atoms with Gasteiger partial charge in [0, 0.05) is 39.5 Å². The smallest absolute Gasteiger partial charge is 0.326 e. The molecule has 3 amide bonds. The maximum absolute atomic E-state index is 13.6. The molecule has 0 radical (unpaired) electrons. The Labute approximate surface area is 255 Å². The SMILES string of the molecule is COc1ccc(-c2c(C)sc(N3C(=O)c4ccc(C(=O)N[C@@H](Cc5c[nH]c6ccccc56)C(=O)O)cc4C3=O)c2C#N)cc1. The number of rotatable bonds is 8. The zero-order chi connectivity index (χ0) is 31.1. The summed E-state index contributed by atoms with van der Waals surface area (Å²) in [6, 6.07) is 19.5. The number of benzene rings is 3. The first-order valence-electron chi connectivity index (χ1n) is 13.5. The molecule has 3 N–H and O–H groups in total. The number of aryl methyl sites for hydroxylation is 1. The molecule has 0 bridgehead atoms. The first kappa shape index (κ1) is 28.4. The summed E-state index contributed by atoms with van der Waals surface area (Å²) in [5, 5.41) is 23.5. The number of nitrogens with one attached hydrogen (secondary N) is 2. The van der Waals surface area contributed by atoms with Crippen molar-refractivity contribution in [3.8, 4) is 22.9 Å². The van der Waals surface area contributed by atoms with Crippen molar-refractivity contribution in [2.75, 3.05) is 12.0 Å². The number of nitrogens with zero attached hydrogens (tertiary/aromatic N) is 2. The number of methoxy groups -OCH3 is 1. The van der Waals surface area contributed by atoms with E-state index in [9.17, 15) is 29.5 Å². The van der Waals surface area contributed by atoms with Gasteiger partial charge in [0.15, 0.2) is 0 Å². The summed E-state index contributed by atoms with van der Waals surface area (Å²) < 4.78 is 5.22. The van der Waals surface area contributed by atoms with E-state index in [2.05, 4.69) is 16.4 Å². The zero-order valence-electron chi connectivity index (χ0n) is 23.5. The Morgan fingerprint density at radius 3 is 2.50 bits per heavy atom. The van der Waals surface area contributed by atoms with E-state index in [1.807, 2.05) is 31.2 Å². The number of hydrogen-bond acceptors (Lipinski definition) is 7. The molecule has 1 aliphatic heterocycles. The van der Waals surface area contributed by atoms with Gasteiger partial charge in [0.25, 0.3) is 17.7 Å². The number of carbonyl (C=O) groups excluding carboxylic acids is 3. The van der Waals surface area contributed by atoms with E-state index in [0.29, 0.717) is 11.3 Å². The lowest BCUT2D eigenvalue weighted by Crippen LogP contribution is -2.42. The number of carboxylic acids is 1. The molecule has 10 nitrogen and oxygen atoms in total. The highest BCUT2D eigenvalue weighted by Gasteiger charge is 2.40. The normalized spacial score (nSPS) is 13.1. The van der Waals surface area contributed by atoms with Crippen LogP contribution in [0.3, 0.4) is 0 Å². The molecule has 0 unspecified atom stereocenters. The summed E-state index contributed by atoms with van der Waals surface area (Å²) in [4.78, 5) is 57.1. The van der Waals surface area contributed by atoms with Crippen LogP contribution < -0.4 is 15.0 Å². The first-order chi connectivity index (χ1) is 21.2. The van der Waals surface area contributed by atoms with Crippen LogP contribution in [0.2, 0.25) is 0 Å². The molecular formula is C33H24N4O6S. The molecule has 0 saturated heterocycles. The van der Waals surface area contributed by atoms with Crippen LogP contribution in [0.25, 0.3) is 22.0 Å². The van der Waals surface area contributed by atoms with Crippen molar-refractivity contribution in [1.29, 1.82) is 5.26 Å². The number of hydrogen-bond donors (Lipinski definition) is 3. The number of nitriles is 1. The highest BCUT2D eigenvalue weighted by molar-refractivity contribution is 7.17. The van der Waals surface area contributed by atoms with Gasteiger partial charge in [0.1, 0.15) is 22.9 Å². The highest BCUT2D eigenvalue weighted by Crippen LogP contribution is 2.44. The van der Waals surface area contributed by atoms with Gasteiger partial charge in [-0.05, 0) is 54.4 Å². The number of imide groups is 1. The Bertz CT molecular complexity index is 2040. The van der Waals surface area contributed by atoms with Crippen molar-refractivity contribution < 1.29 is 29.0 Å². The van der Waals surface area contributed by atoms with Crippen LogP contribution >= 0.6 is 11.3 Å². The molecule has 0 fully saturated rings. The van der Waals surface area contributed by atoms with Gasteiger partial charge in [-0.15, -0.1) is 11.3 Å². The maximum Gasteiger partial charge on any atom is 0.326 e. The largest absolute Gasteiger partial charge is 0.497 e. The van der Waals surface area contributed by atoms with Gasteiger partial charge >= 0.3 is 5.97 Å². The van der Waals surface area contributed by atoms with Gasteiger partial charge in [0.2, 0.25) is 0 Å². The van der Waals surface area contributed by atoms with Crippen LogP contribution in [-0.2, 0) is 11.2 Å². The first-order valence-corrected chi connectivity index (χ1v) is 14.3. The van der Waals surface area contributed by atoms with Crippen LogP contribution in [0.5, 0.6) is 5.75 Å². The lowest BCUT2D eigenvalue weighted by Gasteiger charge is -2.14. The molecule has 1 atom stereocenters. The van der Waals surface area contributed by atoms with Gasteiger partial charge in [-0.25, -0.2) is 9.69 Å². The van der Waals surface area contributed by atoms with Crippen molar-refractivity contribution in [1.82, 2.24) is 10.3 Å². The molecule has 3 aromatic carbocycles. The summed E-state index contributed by atoms with van der Waals surface area (Å²) in [6.45, 7) is 1.81. The molecule has 218 valence electrons. The van der Waals surface area contributed by atoms with Crippen LogP contribution in [0.1, 0.15) is 47.1 Å². The topological polar surface area (TPSA) is 153 Å². The van der Waals surface area contributed by atoms with E-state index in [0.717, 1.165) is 43.1 Å². The Morgan fingerprint density at radius 1 is 1.07 bits per heavy atom. The number of aromatic nitrogens is 1. The third kappa shape index (κ3) is 4.77. The standard InChI is InChI=1S/C33H24N4O6S/c1-17-28(18-7-10-21(43-2)11-8-18)25(15-34)32(44-17)37-30(39)23-12-9-19(13-24(23)31(37)40)29(38)36-27(33(41)42)14-20-16-35-26-6-4-3-5-22(20)26/h3-13,16,27,35H,14H2,1-2H3,(H,36,38)(H,41,42)/t27-/m0/s1. The average molecular weight is 605 g/mol. The minimum atomic E-state index is -1.24. The number of H-pyrrole nitrogens is 1. The van der Waals surface area contributed by atoms with Gasteiger partial charge in [-0.3, -0.25) is 14.4 Å². The lowest BCUT2D eigenvalue weighted by molar-refractivity contribution is -0.139. The van der Waals surface area contributed by atoms with Crippen molar-refractivity contribution in [3.05, 3.63) is 106 Å². The quantitative estimate of drug-likeness (QED) is 0.203. The molecule has 5 aromatic rings. The summed E-state index contributed by atoms with van der Waals surface area (Å²) in [5.41, 5.74) is 3.21. The van der Waals surface area contributed by atoms with Crippen molar-refractivity contribution in [2.45, 2.75) is 19.4 Å². The van der Waals surface area contributed by atoms with Gasteiger partial charge in [-0.2, -0.15) is 5.26 Å². The molecule has 6 rings (SSSR count). The van der Waals surface area contributed by atoms with E-state index in [4.69, 9.17) is 4.74 Å². The molecule has 11 heteroatoms. The van der Waals surface area contributed by atoms with Gasteiger partial charge in [0.05, 0.1) is 23.8 Å². The number of aromatic amines is 1. The molecule has 2 aromatic heterocycles. The molecule has 1 aliphatic rings. The van der Waals surface area contributed by atoms with Gasteiger partial charge < -0.3 is 20.1 Å². The van der Waals surface area contributed by atoms with Crippen molar-refractivity contribution in [2.24, 2.45) is 0 Å². The summed E-state index contributed by atoms with van der Waals surface area (Å²) in [7, 11) is 1.55. The lowest BCUT2D eigenvalue weighted by atomic mass is 10.0. The Balaban J connectivity index is 1.27. The zero-order valence-corrected chi connectivity index (χ0v) is 24.3. The van der Waals surface area contributed by atoms with E-state index in [-0.39, 0.29) is 33.7 Å². The third-order valence-electron chi connectivity index (χ3n) is 7.61. The van der Waals surface area contributed by atoms with E-state index < -0.39 is 29.7 Å². The monoisotopic (exact) mass is 604 g/mol. The second kappa shape index (κ2) is 11.2. The summed E-state index contributed by atoms with van der Waals surface area (Å²) in [5.74, 6) is -2.56. The number of anilines is 1. The third-order valence-corrected chi connectivity index (χ3v) is 8.70.